The van der Waals surface area contributed by atoms with Gasteiger partial charge in [0.05, 0.1) is 24.4 Å². The Labute approximate surface area is 310 Å². The Kier molecular flexibility index (Phi) is 10.1. The summed E-state index contributed by atoms with van der Waals surface area (Å²) in [5.74, 6) is -4.94. The summed E-state index contributed by atoms with van der Waals surface area (Å²) in [6.45, 7) is 5.99. The van der Waals surface area contributed by atoms with Gasteiger partial charge in [-0.2, -0.15) is 19.0 Å². The molecule has 1 fully saturated rings. The van der Waals surface area contributed by atoms with Crippen molar-refractivity contribution in [1.29, 1.82) is 0 Å². The third kappa shape index (κ3) is 6.90. The van der Waals surface area contributed by atoms with Gasteiger partial charge in [0.2, 0.25) is 0 Å². The fraction of sp³-hybridized carbons (Fsp3) is 0.300. The molecule has 6 aromatic rings. The van der Waals surface area contributed by atoms with E-state index >= 15 is 8.78 Å². The second-order valence-electron chi connectivity index (χ2n) is 13.5. The van der Waals surface area contributed by atoms with Crippen LogP contribution in [0, 0.1) is 5.82 Å². The maximum absolute atomic E-state index is 16.2. The first kappa shape index (κ1) is 36.6. The molecule has 3 aromatic heterocycles. The van der Waals surface area contributed by atoms with Gasteiger partial charge in [0.1, 0.15) is 17.8 Å². The molecule has 3 atom stereocenters. The summed E-state index contributed by atoms with van der Waals surface area (Å²) in [5.41, 5.74) is -0.367. The van der Waals surface area contributed by atoms with Crippen molar-refractivity contribution in [3.63, 3.8) is 0 Å². The topological polar surface area (TPSA) is 117 Å². The van der Waals surface area contributed by atoms with Crippen LogP contribution in [-0.2, 0) is 18.1 Å². The van der Waals surface area contributed by atoms with Crippen LogP contribution in [0.3, 0.4) is 0 Å². The number of aliphatic hydroxyl groups excluding tert-OH is 1. The minimum absolute atomic E-state index is 0.295. The van der Waals surface area contributed by atoms with Crippen LogP contribution in [0.2, 0.25) is 0 Å². The van der Waals surface area contributed by atoms with Crippen molar-refractivity contribution in [1.82, 2.24) is 29.1 Å². The van der Waals surface area contributed by atoms with Crippen molar-refractivity contribution < 1.29 is 23.4 Å². The average molecular weight is 739 g/mol. The zero-order chi connectivity index (χ0) is 38.0. The molecule has 3 aromatic carbocycles. The molecule has 14 heteroatoms. The molecule has 0 spiro atoms. The predicted molar refractivity (Wildman–Crippen MR) is 199 cm³/mol. The number of pyridine rings is 1. The second kappa shape index (κ2) is 15.0. The van der Waals surface area contributed by atoms with Gasteiger partial charge in [-0.15, -0.1) is 0 Å². The summed E-state index contributed by atoms with van der Waals surface area (Å²) in [7, 11) is 0. The van der Waals surface area contributed by atoms with Crippen LogP contribution < -0.4 is 15.5 Å². The van der Waals surface area contributed by atoms with E-state index in [0.717, 1.165) is 66.0 Å². The van der Waals surface area contributed by atoms with E-state index < -0.39 is 47.3 Å². The first-order valence-electron chi connectivity index (χ1n) is 17.8. The molecule has 0 saturated carbocycles. The van der Waals surface area contributed by atoms with E-state index in [-0.39, 0.29) is 5.69 Å². The van der Waals surface area contributed by atoms with E-state index in [2.05, 4.69) is 25.0 Å². The van der Waals surface area contributed by atoms with E-state index in [4.69, 9.17) is 0 Å². The highest BCUT2D eigenvalue weighted by Gasteiger charge is 2.57. The van der Waals surface area contributed by atoms with Crippen molar-refractivity contribution in [3.05, 3.63) is 143 Å². The van der Waals surface area contributed by atoms with Crippen LogP contribution in [0.15, 0.2) is 121 Å². The molecule has 11 nitrogen and oxygen atoms in total. The molecule has 2 N–H and O–H groups in total. The Hall–Kier alpha value is -5.73. The predicted octanol–water partition coefficient (Wildman–Crippen LogP) is 5.77. The van der Waals surface area contributed by atoms with Crippen molar-refractivity contribution in [2.45, 2.75) is 50.5 Å². The van der Waals surface area contributed by atoms with E-state index in [0.29, 0.717) is 17.7 Å². The lowest BCUT2D eigenvalue weighted by molar-refractivity contribution is -0.207. The Morgan fingerprint density at radius 1 is 0.815 bits per heavy atom. The fourth-order valence-electron chi connectivity index (χ4n) is 7.09. The lowest BCUT2D eigenvalue weighted by Crippen LogP contribution is -2.47. The number of hydrogen-bond acceptors (Lipinski definition) is 8. The Bertz CT molecular complexity index is 2210. The highest BCUT2D eigenvalue weighted by molar-refractivity contribution is 5.66. The van der Waals surface area contributed by atoms with E-state index in [9.17, 15) is 19.4 Å². The Morgan fingerprint density at radius 3 is 1.98 bits per heavy atom. The molecule has 1 aliphatic rings. The standard InChI is InChI=1S/C40H41F3N8O3/c1-3-36(28(2)52)51-38(53)50(27-46-51)33-16-14-32(15-17-33)48-23-21-47(22-24-48)31-12-9-29(10-13-31)30-11-18-37(44-25-30)40(42,43)39(54,26-49-20-6-19-45-49)34-7-4-5-8-35(34)41/h4-20,25,27-28,36,52,54H,3,21-24,26H2,1-2H3. The van der Waals surface area contributed by atoms with Crippen LogP contribution >= 0.6 is 0 Å². The summed E-state index contributed by atoms with van der Waals surface area (Å²) in [4.78, 5) is 21.6. The van der Waals surface area contributed by atoms with Gasteiger partial charge in [0.25, 0.3) is 0 Å². The van der Waals surface area contributed by atoms with Crippen molar-refractivity contribution in [2.24, 2.45) is 0 Å². The number of rotatable bonds is 12. The highest BCUT2D eigenvalue weighted by Crippen LogP contribution is 2.46. The van der Waals surface area contributed by atoms with Gasteiger partial charge in [-0.1, -0.05) is 43.3 Å². The van der Waals surface area contributed by atoms with Gasteiger partial charge in [-0.3, -0.25) is 9.67 Å². The van der Waals surface area contributed by atoms with Crippen molar-refractivity contribution >= 4 is 11.4 Å². The smallest absolute Gasteiger partial charge is 0.350 e. The number of aliphatic hydroxyl groups is 2. The van der Waals surface area contributed by atoms with E-state index in [1.54, 1.807) is 6.92 Å². The van der Waals surface area contributed by atoms with Gasteiger partial charge >= 0.3 is 11.6 Å². The minimum atomic E-state index is -3.98. The van der Waals surface area contributed by atoms with Crippen LogP contribution in [0.5, 0.6) is 0 Å². The largest absolute Gasteiger partial charge is 0.391 e. The number of benzene rings is 3. The summed E-state index contributed by atoms with van der Waals surface area (Å²) in [6.07, 6.45) is 5.52. The van der Waals surface area contributed by atoms with Gasteiger partial charge < -0.3 is 20.0 Å². The molecular formula is C40H41F3N8O3. The summed E-state index contributed by atoms with van der Waals surface area (Å²) >= 11 is 0. The summed E-state index contributed by atoms with van der Waals surface area (Å²) in [6, 6.07) is 24.3. The lowest BCUT2D eigenvalue weighted by atomic mass is 9.84. The van der Waals surface area contributed by atoms with E-state index in [1.165, 1.54) is 58.4 Å². The molecule has 0 bridgehead atoms. The first-order valence-corrected chi connectivity index (χ1v) is 17.8. The molecule has 0 radical (unpaired) electrons. The van der Waals surface area contributed by atoms with Crippen molar-refractivity contribution in [3.8, 4) is 16.8 Å². The Morgan fingerprint density at radius 2 is 1.43 bits per heavy atom. The third-order valence-electron chi connectivity index (χ3n) is 10.2. The third-order valence-corrected chi connectivity index (χ3v) is 10.2. The average Bonchev–Trinajstić information content (AvgIpc) is 3.84. The minimum Gasteiger partial charge on any atom is -0.391 e. The summed E-state index contributed by atoms with van der Waals surface area (Å²) in [5, 5.41) is 29.8. The quantitative estimate of drug-likeness (QED) is 0.163. The number of aromatic nitrogens is 6. The number of hydrogen-bond donors (Lipinski definition) is 2. The van der Waals surface area contributed by atoms with Gasteiger partial charge in [0, 0.05) is 67.3 Å². The first-order chi connectivity index (χ1) is 26.0. The molecule has 4 heterocycles. The van der Waals surface area contributed by atoms with Gasteiger partial charge in [-0.25, -0.2) is 18.4 Å². The van der Waals surface area contributed by atoms with Gasteiger partial charge in [0.15, 0.2) is 5.60 Å². The second-order valence-corrected chi connectivity index (χ2v) is 13.5. The molecule has 1 aliphatic heterocycles. The monoisotopic (exact) mass is 738 g/mol. The van der Waals surface area contributed by atoms with Crippen LogP contribution in [-0.4, -0.2) is 71.6 Å². The number of piperazine rings is 1. The molecule has 0 aliphatic carbocycles. The maximum atomic E-state index is 16.2. The van der Waals surface area contributed by atoms with Crippen LogP contribution in [0.4, 0.5) is 24.5 Å². The number of anilines is 2. The number of alkyl halides is 2. The van der Waals surface area contributed by atoms with Gasteiger partial charge in [-0.05, 0) is 73.5 Å². The summed E-state index contributed by atoms with van der Waals surface area (Å²) < 4.78 is 51.2. The number of halogens is 3. The van der Waals surface area contributed by atoms with Crippen LogP contribution in [0.1, 0.15) is 37.6 Å². The molecule has 3 unspecified atom stereocenters. The highest BCUT2D eigenvalue weighted by atomic mass is 19.3. The Balaban J connectivity index is 1.000. The SMILES string of the molecule is CCC(C(C)O)n1ncn(-c2ccc(N3CCN(c4ccc(-c5ccc(C(F)(F)C(O)(Cn6cccn6)c6ccccc6F)nc5)cc4)CC3)cc2)c1=O. The maximum Gasteiger partial charge on any atom is 0.350 e. The molecule has 0 amide bonds. The lowest BCUT2D eigenvalue weighted by Gasteiger charge is -2.37. The van der Waals surface area contributed by atoms with Crippen molar-refractivity contribution in [2.75, 3.05) is 36.0 Å². The zero-order valence-corrected chi connectivity index (χ0v) is 29.9. The molecule has 280 valence electrons. The van der Waals surface area contributed by atoms with E-state index in [1.807, 2.05) is 55.5 Å². The normalized spacial score (nSPS) is 15.9. The van der Waals surface area contributed by atoms with Crippen LogP contribution in [0.25, 0.3) is 16.8 Å². The molecule has 1 saturated heterocycles. The zero-order valence-electron chi connectivity index (χ0n) is 29.9. The molecule has 7 rings (SSSR count). The number of nitrogens with zero attached hydrogens (tertiary/aromatic N) is 8. The fourth-order valence-corrected chi connectivity index (χ4v) is 7.09. The molecule has 54 heavy (non-hydrogen) atoms. The molecular weight excluding hydrogens is 697 g/mol.